The van der Waals surface area contributed by atoms with Crippen molar-refractivity contribution in [2.75, 3.05) is 5.75 Å². The number of hydrogen-bond donors (Lipinski definition) is 2. The molecule has 0 aliphatic carbocycles. The van der Waals surface area contributed by atoms with E-state index in [9.17, 15) is 9.59 Å². The molecule has 3 rings (SSSR count). The van der Waals surface area contributed by atoms with Gasteiger partial charge >= 0.3 is 0 Å². The summed E-state index contributed by atoms with van der Waals surface area (Å²) in [6.45, 7) is 8.68. The highest BCUT2D eigenvalue weighted by molar-refractivity contribution is 7.99. The molecule has 8 heteroatoms. The topological polar surface area (TPSA) is 88.9 Å². The second kappa shape index (κ2) is 11.7. The Morgan fingerprint density at radius 1 is 0.939 bits per heavy atom. The molecular formula is C25H31N5O2S. The first kappa shape index (κ1) is 24.5. The minimum Gasteiger partial charge on any atom is -0.349 e. The summed E-state index contributed by atoms with van der Waals surface area (Å²) in [6.07, 6.45) is 0. The average molecular weight is 466 g/mol. The monoisotopic (exact) mass is 465 g/mol. The van der Waals surface area contributed by atoms with Crippen LogP contribution in [-0.2, 0) is 11.3 Å². The van der Waals surface area contributed by atoms with Gasteiger partial charge in [-0.15, -0.1) is 10.2 Å². The Bertz CT molecular complexity index is 1050. The van der Waals surface area contributed by atoms with E-state index in [1.807, 2.05) is 80.8 Å². The van der Waals surface area contributed by atoms with Crippen molar-refractivity contribution < 1.29 is 9.59 Å². The molecule has 0 radical (unpaired) electrons. The Morgan fingerprint density at radius 2 is 1.58 bits per heavy atom. The molecule has 3 aromatic rings. The van der Waals surface area contributed by atoms with Crippen LogP contribution < -0.4 is 10.6 Å². The van der Waals surface area contributed by atoms with Crippen LogP contribution in [0.2, 0.25) is 0 Å². The molecule has 0 aliphatic heterocycles. The van der Waals surface area contributed by atoms with Crippen molar-refractivity contribution in [3.63, 3.8) is 0 Å². The first-order chi connectivity index (χ1) is 15.9. The lowest BCUT2D eigenvalue weighted by molar-refractivity contribution is -0.119. The summed E-state index contributed by atoms with van der Waals surface area (Å²) < 4.78 is 1.97. The third-order valence-corrected chi connectivity index (χ3v) is 6.31. The molecule has 2 atom stereocenters. The summed E-state index contributed by atoms with van der Waals surface area (Å²) in [7, 11) is 0. The first-order valence-corrected chi connectivity index (χ1v) is 12.1. The normalized spacial score (nSPS) is 12.9. The fourth-order valence-electron chi connectivity index (χ4n) is 3.52. The van der Waals surface area contributed by atoms with E-state index in [4.69, 9.17) is 0 Å². The van der Waals surface area contributed by atoms with Crippen LogP contribution in [0.4, 0.5) is 0 Å². The van der Waals surface area contributed by atoms with Crippen molar-refractivity contribution in [3.8, 4) is 0 Å². The molecule has 2 amide bonds. The van der Waals surface area contributed by atoms with Crippen LogP contribution in [0.25, 0.3) is 0 Å². The molecule has 33 heavy (non-hydrogen) atoms. The van der Waals surface area contributed by atoms with Crippen LogP contribution >= 0.6 is 11.8 Å². The number of rotatable bonds is 10. The van der Waals surface area contributed by atoms with Crippen LogP contribution in [0.3, 0.4) is 0 Å². The highest BCUT2D eigenvalue weighted by Gasteiger charge is 2.26. The highest BCUT2D eigenvalue weighted by Crippen LogP contribution is 2.25. The van der Waals surface area contributed by atoms with Gasteiger partial charge in [-0.1, -0.05) is 74.1 Å². The average Bonchev–Trinajstić information content (AvgIpc) is 3.24. The van der Waals surface area contributed by atoms with E-state index >= 15 is 0 Å². The third-order valence-electron chi connectivity index (χ3n) is 5.34. The molecule has 0 unspecified atom stereocenters. The lowest BCUT2D eigenvalue weighted by atomic mass is 10.0. The van der Waals surface area contributed by atoms with E-state index in [-0.39, 0.29) is 35.6 Å². The molecule has 1 heterocycles. The first-order valence-electron chi connectivity index (χ1n) is 11.2. The largest absolute Gasteiger partial charge is 0.349 e. The number of carbonyl (C=O) groups is 2. The Hall–Kier alpha value is -3.13. The van der Waals surface area contributed by atoms with E-state index in [1.165, 1.54) is 11.8 Å². The Labute approximate surface area is 199 Å². The van der Waals surface area contributed by atoms with Gasteiger partial charge in [-0.05, 0) is 37.5 Å². The minimum absolute atomic E-state index is 0.0682. The molecule has 0 spiro atoms. The molecule has 0 aliphatic rings. The van der Waals surface area contributed by atoms with Crippen LogP contribution in [0.5, 0.6) is 0 Å². The number of hydrogen-bond acceptors (Lipinski definition) is 5. The van der Waals surface area contributed by atoms with Gasteiger partial charge in [0.1, 0.15) is 0 Å². The van der Waals surface area contributed by atoms with Crippen molar-refractivity contribution in [3.05, 3.63) is 77.6 Å². The summed E-state index contributed by atoms with van der Waals surface area (Å²) in [4.78, 5) is 25.3. The zero-order valence-electron chi connectivity index (χ0n) is 19.5. The molecule has 7 nitrogen and oxygen atoms in total. The molecule has 0 saturated carbocycles. The van der Waals surface area contributed by atoms with E-state index in [0.717, 1.165) is 5.56 Å². The van der Waals surface area contributed by atoms with Crippen molar-refractivity contribution >= 4 is 23.6 Å². The lowest BCUT2D eigenvalue weighted by Gasteiger charge is -2.22. The molecule has 174 valence electrons. The summed E-state index contributed by atoms with van der Waals surface area (Å²) in [5.74, 6) is 0.819. The number of nitrogens with zero attached hydrogens (tertiary/aromatic N) is 3. The number of aromatic nitrogens is 3. The number of amides is 2. The van der Waals surface area contributed by atoms with Crippen LogP contribution in [-0.4, -0.2) is 32.3 Å². The minimum atomic E-state index is -0.300. The highest BCUT2D eigenvalue weighted by atomic mass is 32.2. The van der Waals surface area contributed by atoms with Gasteiger partial charge in [0, 0.05) is 12.1 Å². The van der Waals surface area contributed by atoms with Crippen LogP contribution in [0.1, 0.15) is 61.5 Å². The molecule has 1 aromatic heterocycles. The van der Waals surface area contributed by atoms with E-state index in [2.05, 4.69) is 20.8 Å². The molecule has 0 bridgehead atoms. The quantitative estimate of drug-likeness (QED) is 0.434. The lowest BCUT2D eigenvalue weighted by Crippen LogP contribution is -2.33. The second-order valence-corrected chi connectivity index (χ2v) is 9.08. The van der Waals surface area contributed by atoms with Crippen molar-refractivity contribution in [1.82, 2.24) is 25.4 Å². The number of carbonyl (C=O) groups excluding carboxylic acids is 2. The van der Waals surface area contributed by atoms with Gasteiger partial charge in [-0.3, -0.25) is 9.59 Å². The Morgan fingerprint density at radius 3 is 2.18 bits per heavy atom. The van der Waals surface area contributed by atoms with E-state index in [0.29, 0.717) is 23.1 Å². The maximum absolute atomic E-state index is 12.7. The maximum Gasteiger partial charge on any atom is 0.251 e. The van der Waals surface area contributed by atoms with Crippen LogP contribution in [0.15, 0.2) is 65.8 Å². The maximum atomic E-state index is 12.7. The summed E-state index contributed by atoms with van der Waals surface area (Å²) in [5, 5.41) is 15.5. The number of nitrogens with one attached hydrogen (secondary N) is 2. The third kappa shape index (κ3) is 6.44. The van der Waals surface area contributed by atoms with Gasteiger partial charge < -0.3 is 15.2 Å². The summed E-state index contributed by atoms with van der Waals surface area (Å²) in [5.41, 5.74) is 1.66. The summed E-state index contributed by atoms with van der Waals surface area (Å²) >= 11 is 1.35. The Kier molecular flexibility index (Phi) is 8.65. The zero-order valence-corrected chi connectivity index (χ0v) is 20.3. The second-order valence-electron chi connectivity index (χ2n) is 8.13. The van der Waals surface area contributed by atoms with Crippen molar-refractivity contribution in [2.24, 2.45) is 5.92 Å². The van der Waals surface area contributed by atoms with Crippen molar-refractivity contribution in [2.45, 2.75) is 51.5 Å². The fraction of sp³-hybridized carbons (Fsp3) is 0.360. The van der Waals surface area contributed by atoms with Gasteiger partial charge in [-0.2, -0.15) is 0 Å². The van der Waals surface area contributed by atoms with Gasteiger partial charge in [0.2, 0.25) is 5.91 Å². The van der Waals surface area contributed by atoms with Gasteiger partial charge in [0.15, 0.2) is 11.0 Å². The van der Waals surface area contributed by atoms with E-state index < -0.39 is 0 Å². The van der Waals surface area contributed by atoms with Crippen LogP contribution in [0, 0.1) is 5.92 Å². The predicted molar refractivity (Wildman–Crippen MR) is 131 cm³/mol. The van der Waals surface area contributed by atoms with Crippen molar-refractivity contribution in [1.29, 1.82) is 0 Å². The van der Waals surface area contributed by atoms with Gasteiger partial charge in [0.05, 0.1) is 17.8 Å². The van der Waals surface area contributed by atoms with Gasteiger partial charge in [0.25, 0.3) is 5.91 Å². The van der Waals surface area contributed by atoms with E-state index in [1.54, 1.807) is 12.1 Å². The zero-order chi connectivity index (χ0) is 23.8. The SMILES string of the molecule is CCn1c(SCC(=O)N[C@@H](C)c2ccccc2)nnc1[C@@H](NC(=O)c1ccccc1)C(C)C. The molecule has 0 fully saturated rings. The number of benzene rings is 2. The van der Waals surface area contributed by atoms with Gasteiger partial charge in [-0.25, -0.2) is 0 Å². The number of thioether (sulfide) groups is 1. The summed E-state index contributed by atoms with van der Waals surface area (Å²) in [6, 6.07) is 18.6. The molecule has 2 aromatic carbocycles. The molecule has 2 N–H and O–H groups in total. The fourth-order valence-corrected chi connectivity index (χ4v) is 4.34. The Balaban J connectivity index is 1.67. The molecular weight excluding hydrogens is 434 g/mol. The molecule has 0 saturated heterocycles. The predicted octanol–water partition coefficient (Wildman–Crippen LogP) is 4.39. The standard InChI is InChI=1S/C25H31N5O2S/c1-5-30-23(22(17(2)3)27-24(32)20-14-10-7-11-15-20)28-29-25(30)33-16-21(31)26-18(4)19-12-8-6-9-13-19/h6-15,17-18,22H,5,16H2,1-4H3,(H,26,31)(H,27,32)/t18-,22-/m0/s1. The smallest absolute Gasteiger partial charge is 0.251 e.